The number of oxazole rings is 1. The molecule has 0 saturated carbocycles. The van der Waals surface area contributed by atoms with Crippen LogP contribution in [-0.4, -0.2) is 16.9 Å². The van der Waals surface area contributed by atoms with Crippen molar-refractivity contribution in [3.05, 3.63) is 24.1 Å². The first-order valence-corrected chi connectivity index (χ1v) is 7.28. The number of carbonyl (C=O) groups excluding carboxylic acids is 1. The molecule has 0 bridgehead atoms. The fourth-order valence-corrected chi connectivity index (χ4v) is 2.00. The molecule has 1 amide bonds. The summed E-state index contributed by atoms with van der Waals surface area (Å²) in [6.45, 7) is 8.14. The summed E-state index contributed by atoms with van der Waals surface area (Å²) in [6, 6.07) is 4.95. The third-order valence-electron chi connectivity index (χ3n) is 3.23. The van der Waals surface area contributed by atoms with Crippen molar-refractivity contribution < 1.29 is 9.21 Å². The molecule has 0 aliphatic heterocycles. The highest BCUT2D eigenvalue weighted by Crippen LogP contribution is 2.27. The Morgan fingerprint density at radius 1 is 1.41 bits per heavy atom. The number of hydrogen-bond donors (Lipinski definition) is 2. The van der Waals surface area contributed by atoms with Crippen LogP contribution in [0.5, 0.6) is 0 Å². The number of anilines is 1. The average molecular weight is 326 g/mol. The van der Waals surface area contributed by atoms with Crippen LogP contribution in [0.15, 0.2) is 22.6 Å². The summed E-state index contributed by atoms with van der Waals surface area (Å²) in [5, 5.41) is 2.82. The first-order chi connectivity index (χ1) is 9.81. The Kier molecular flexibility index (Phi) is 5.97. The maximum atomic E-state index is 11.9. The minimum Gasteiger partial charge on any atom is -0.440 e. The van der Waals surface area contributed by atoms with Gasteiger partial charge in [-0.1, -0.05) is 34.1 Å². The van der Waals surface area contributed by atoms with Gasteiger partial charge in [0.05, 0.1) is 6.04 Å². The van der Waals surface area contributed by atoms with Crippen molar-refractivity contribution in [2.45, 2.75) is 52.0 Å². The van der Waals surface area contributed by atoms with E-state index in [1.165, 1.54) is 0 Å². The summed E-state index contributed by atoms with van der Waals surface area (Å²) < 4.78 is 5.73. The summed E-state index contributed by atoms with van der Waals surface area (Å²) in [5.74, 6) is 0.513. The predicted octanol–water partition coefficient (Wildman–Crippen LogP) is 3.61. The summed E-state index contributed by atoms with van der Waals surface area (Å²) in [4.78, 5) is 16.4. The quantitative estimate of drug-likeness (QED) is 0.899. The van der Waals surface area contributed by atoms with Crippen LogP contribution in [0.25, 0.3) is 11.1 Å². The number of hydrogen-bond acceptors (Lipinski definition) is 4. The van der Waals surface area contributed by atoms with Gasteiger partial charge in [-0.2, -0.15) is 0 Å². The van der Waals surface area contributed by atoms with Gasteiger partial charge >= 0.3 is 0 Å². The van der Waals surface area contributed by atoms with Gasteiger partial charge in [0.2, 0.25) is 11.8 Å². The molecular formula is C16H24ClN3O2. The number of amides is 1. The van der Waals surface area contributed by atoms with E-state index in [1.807, 2.05) is 39.8 Å². The van der Waals surface area contributed by atoms with E-state index in [9.17, 15) is 4.79 Å². The standard InChI is InChI=1S/C16H23N3O2.ClH/c1-5-6-11(17)14(20)18-10-7-8-13-12(9-10)19-15(21-13)16(2,3)4;/h7-9,11H,5-6,17H2,1-4H3,(H,18,20);1H. The minimum absolute atomic E-state index is 0. The number of halogens is 1. The third kappa shape index (κ3) is 4.21. The second kappa shape index (κ2) is 7.11. The molecule has 0 saturated heterocycles. The van der Waals surface area contributed by atoms with Crippen LogP contribution in [0.4, 0.5) is 5.69 Å². The largest absolute Gasteiger partial charge is 0.440 e. The Labute approximate surface area is 137 Å². The number of nitrogens with zero attached hydrogens (tertiary/aromatic N) is 1. The Bertz CT molecular complexity index is 646. The highest BCUT2D eigenvalue weighted by molar-refractivity contribution is 5.96. The van der Waals surface area contributed by atoms with Crippen molar-refractivity contribution in [3.63, 3.8) is 0 Å². The van der Waals surface area contributed by atoms with Crippen LogP contribution in [0, 0.1) is 0 Å². The monoisotopic (exact) mass is 325 g/mol. The first-order valence-electron chi connectivity index (χ1n) is 7.28. The molecule has 0 radical (unpaired) electrons. The molecule has 1 heterocycles. The van der Waals surface area contributed by atoms with E-state index in [1.54, 1.807) is 6.07 Å². The fraction of sp³-hybridized carbons (Fsp3) is 0.500. The van der Waals surface area contributed by atoms with E-state index in [0.717, 1.165) is 17.5 Å². The van der Waals surface area contributed by atoms with Crippen LogP contribution in [0.2, 0.25) is 0 Å². The zero-order valence-electron chi connectivity index (χ0n) is 13.5. The van der Waals surface area contributed by atoms with Gasteiger partial charge in [-0.05, 0) is 24.6 Å². The number of fused-ring (bicyclic) bond motifs is 1. The van der Waals surface area contributed by atoms with E-state index < -0.39 is 6.04 Å². The molecule has 3 N–H and O–H groups in total. The lowest BCUT2D eigenvalue weighted by molar-refractivity contribution is -0.117. The molecule has 2 rings (SSSR count). The second-order valence-electron chi connectivity index (χ2n) is 6.34. The molecule has 1 unspecified atom stereocenters. The molecule has 0 aliphatic carbocycles. The average Bonchev–Trinajstić information content (AvgIpc) is 2.82. The first kappa shape index (κ1) is 18.5. The Hall–Kier alpha value is -1.59. The number of aromatic nitrogens is 1. The highest BCUT2D eigenvalue weighted by atomic mass is 35.5. The summed E-state index contributed by atoms with van der Waals surface area (Å²) in [7, 11) is 0. The number of rotatable bonds is 4. The SMILES string of the molecule is CCCC(N)C(=O)Nc1ccc2oc(C(C)(C)C)nc2c1.Cl. The molecule has 122 valence electrons. The van der Waals surface area contributed by atoms with E-state index >= 15 is 0 Å². The van der Waals surface area contributed by atoms with Gasteiger partial charge in [0.15, 0.2) is 5.58 Å². The zero-order chi connectivity index (χ0) is 15.6. The van der Waals surface area contributed by atoms with Crippen molar-refractivity contribution in [1.82, 2.24) is 4.98 Å². The zero-order valence-corrected chi connectivity index (χ0v) is 14.3. The van der Waals surface area contributed by atoms with Crippen LogP contribution >= 0.6 is 12.4 Å². The molecule has 0 fully saturated rings. The predicted molar refractivity (Wildman–Crippen MR) is 91.5 cm³/mol. The molecule has 6 heteroatoms. The number of nitrogens with one attached hydrogen (secondary N) is 1. The van der Waals surface area contributed by atoms with E-state index in [-0.39, 0.29) is 23.7 Å². The van der Waals surface area contributed by atoms with Gasteiger partial charge in [-0.15, -0.1) is 12.4 Å². The van der Waals surface area contributed by atoms with Crippen LogP contribution < -0.4 is 11.1 Å². The molecule has 0 spiro atoms. The third-order valence-corrected chi connectivity index (χ3v) is 3.23. The molecule has 5 nitrogen and oxygen atoms in total. The highest BCUT2D eigenvalue weighted by Gasteiger charge is 2.21. The van der Waals surface area contributed by atoms with Gasteiger partial charge in [-0.3, -0.25) is 4.79 Å². The van der Waals surface area contributed by atoms with Gasteiger partial charge in [-0.25, -0.2) is 4.98 Å². The van der Waals surface area contributed by atoms with E-state index in [2.05, 4.69) is 10.3 Å². The normalized spacial score (nSPS) is 12.8. The maximum Gasteiger partial charge on any atom is 0.241 e. The Morgan fingerprint density at radius 3 is 2.68 bits per heavy atom. The fourth-order valence-electron chi connectivity index (χ4n) is 2.00. The lowest BCUT2D eigenvalue weighted by Gasteiger charge is -2.11. The molecule has 1 aromatic heterocycles. The lowest BCUT2D eigenvalue weighted by atomic mass is 9.97. The van der Waals surface area contributed by atoms with E-state index in [4.69, 9.17) is 10.2 Å². The molecule has 22 heavy (non-hydrogen) atoms. The van der Waals surface area contributed by atoms with Gasteiger partial charge in [0.1, 0.15) is 5.52 Å². The van der Waals surface area contributed by atoms with Gasteiger partial charge in [0.25, 0.3) is 0 Å². The smallest absolute Gasteiger partial charge is 0.241 e. The molecular weight excluding hydrogens is 302 g/mol. The van der Waals surface area contributed by atoms with Crippen LogP contribution in [0.1, 0.15) is 46.4 Å². The van der Waals surface area contributed by atoms with Crippen molar-refractivity contribution in [2.75, 3.05) is 5.32 Å². The second-order valence-corrected chi connectivity index (χ2v) is 6.34. The van der Waals surface area contributed by atoms with Crippen LogP contribution in [0.3, 0.4) is 0 Å². The summed E-state index contributed by atoms with van der Waals surface area (Å²) in [5.41, 5.74) is 7.80. The summed E-state index contributed by atoms with van der Waals surface area (Å²) >= 11 is 0. The maximum absolute atomic E-state index is 11.9. The topological polar surface area (TPSA) is 81.2 Å². The number of nitrogens with two attached hydrogens (primary N) is 1. The molecule has 0 aliphatic rings. The van der Waals surface area contributed by atoms with Crippen molar-refractivity contribution in [2.24, 2.45) is 5.73 Å². The van der Waals surface area contributed by atoms with Gasteiger partial charge in [0, 0.05) is 11.1 Å². The molecule has 1 aromatic carbocycles. The number of benzene rings is 1. The number of carbonyl (C=O) groups is 1. The Balaban J connectivity index is 0.00000242. The Morgan fingerprint density at radius 2 is 2.09 bits per heavy atom. The minimum atomic E-state index is -0.479. The lowest BCUT2D eigenvalue weighted by Crippen LogP contribution is -2.35. The molecule has 1 atom stereocenters. The van der Waals surface area contributed by atoms with Gasteiger partial charge < -0.3 is 15.5 Å². The molecule has 2 aromatic rings. The van der Waals surface area contributed by atoms with Crippen molar-refractivity contribution in [3.8, 4) is 0 Å². The van der Waals surface area contributed by atoms with Crippen molar-refractivity contribution >= 4 is 35.1 Å². The van der Waals surface area contributed by atoms with Crippen molar-refractivity contribution in [1.29, 1.82) is 0 Å². The van der Waals surface area contributed by atoms with Crippen LogP contribution in [-0.2, 0) is 10.2 Å². The van der Waals surface area contributed by atoms with E-state index in [0.29, 0.717) is 18.0 Å². The summed E-state index contributed by atoms with van der Waals surface area (Å²) in [6.07, 6.45) is 1.55.